The lowest BCUT2D eigenvalue weighted by molar-refractivity contribution is 0.293. The van der Waals surface area contributed by atoms with Gasteiger partial charge in [-0.3, -0.25) is 0 Å². The molecule has 0 fully saturated rings. The fourth-order valence-electron chi connectivity index (χ4n) is 1.08. The zero-order chi connectivity index (χ0) is 9.40. The van der Waals surface area contributed by atoms with Crippen molar-refractivity contribution in [2.75, 3.05) is 27.2 Å². The molecule has 0 aromatic rings. The maximum atomic E-state index is 3.41. The monoisotopic (exact) mass is 172 g/mol. The maximum Gasteiger partial charge on any atom is 0.00613 e. The molecule has 0 spiro atoms. The van der Waals surface area contributed by atoms with Gasteiger partial charge in [0.1, 0.15) is 0 Å². The minimum Gasteiger partial charge on any atom is -0.317 e. The molecule has 74 valence electrons. The van der Waals surface area contributed by atoms with Gasteiger partial charge < -0.3 is 10.2 Å². The van der Waals surface area contributed by atoms with Crippen molar-refractivity contribution < 1.29 is 0 Å². The predicted octanol–water partition coefficient (Wildman–Crippen LogP) is 1.72. The van der Waals surface area contributed by atoms with Crippen LogP contribution in [0.1, 0.15) is 33.1 Å². The Morgan fingerprint density at radius 2 is 1.92 bits per heavy atom. The van der Waals surface area contributed by atoms with Crippen LogP contribution in [0.2, 0.25) is 0 Å². The smallest absolute Gasteiger partial charge is 0.00613 e. The largest absolute Gasteiger partial charge is 0.317 e. The molecule has 0 aliphatic heterocycles. The second kappa shape index (κ2) is 7.56. The van der Waals surface area contributed by atoms with E-state index in [2.05, 4.69) is 38.2 Å². The Balaban J connectivity index is 3.08. The molecule has 0 radical (unpaired) electrons. The molecule has 2 heteroatoms. The summed E-state index contributed by atoms with van der Waals surface area (Å²) in [7, 11) is 4.29. The topological polar surface area (TPSA) is 15.3 Å². The van der Waals surface area contributed by atoms with Crippen LogP contribution in [-0.4, -0.2) is 38.1 Å². The molecule has 1 atom stereocenters. The molecule has 0 aliphatic rings. The molecule has 0 rings (SSSR count). The SMILES string of the molecule is CCCNCCCC(C)N(C)C. The van der Waals surface area contributed by atoms with E-state index >= 15 is 0 Å². The molecule has 0 aromatic carbocycles. The summed E-state index contributed by atoms with van der Waals surface area (Å²) in [5.74, 6) is 0. The van der Waals surface area contributed by atoms with E-state index in [-0.39, 0.29) is 0 Å². The Labute approximate surface area is 77.3 Å². The van der Waals surface area contributed by atoms with Gasteiger partial charge in [-0.1, -0.05) is 6.92 Å². The van der Waals surface area contributed by atoms with Crippen LogP contribution < -0.4 is 5.32 Å². The van der Waals surface area contributed by atoms with Gasteiger partial charge >= 0.3 is 0 Å². The molecule has 0 amide bonds. The third-order valence-electron chi connectivity index (χ3n) is 2.28. The van der Waals surface area contributed by atoms with Gasteiger partial charge in [-0.15, -0.1) is 0 Å². The van der Waals surface area contributed by atoms with Crippen molar-refractivity contribution in [3.05, 3.63) is 0 Å². The predicted molar refractivity (Wildman–Crippen MR) is 55.5 cm³/mol. The van der Waals surface area contributed by atoms with Crippen molar-refractivity contribution in [1.29, 1.82) is 0 Å². The molecule has 0 heterocycles. The van der Waals surface area contributed by atoms with Gasteiger partial charge in [0, 0.05) is 6.04 Å². The fraction of sp³-hybridized carbons (Fsp3) is 1.00. The van der Waals surface area contributed by atoms with Gasteiger partial charge in [-0.05, 0) is 53.4 Å². The lowest BCUT2D eigenvalue weighted by atomic mass is 10.1. The zero-order valence-electron chi connectivity index (χ0n) is 9.06. The van der Waals surface area contributed by atoms with Crippen LogP contribution in [0.4, 0.5) is 0 Å². The van der Waals surface area contributed by atoms with Crippen molar-refractivity contribution >= 4 is 0 Å². The van der Waals surface area contributed by atoms with Crippen LogP contribution in [0.5, 0.6) is 0 Å². The van der Waals surface area contributed by atoms with Crippen LogP contribution in [0.3, 0.4) is 0 Å². The lowest BCUT2D eigenvalue weighted by Gasteiger charge is -2.19. The standard InChI is InChI=1S/C10H24N2/c1-5-8-11-9-6-7-10(2)12(3)4/h10-11H,5-9H2,1-4H3. The van der Waals surface area contributed by atoms with Crippen LogP contribution in [0.15, 0.2) is 0 Å². The van der Waals surface area contributed by atoms with E-state index in [1.165, 1.54) is 25.8 Å². The fourth-order valence-corrected chi connectivity index (χ4v) is 1.08. The van der Waals surface area contributed by atoms with E-state index in [0.29, 0.717) is 6.04 Å². The molecule has 1 N–H and O–H groups in total. The van der Waals surface area contributed by atoms with Gasteiger partial charge in [-0.2, -0.15) is 0 Å². The van der Waals surface area contributed by atoms with Crippen molar-refractivity contribution in [1.82, 2.24) is 10.2 Å². The molecule has 12 heavy (non-hydrogen) atoms. The summed E-state index contributed by atoms with van der Waals surface area (Å²) in [6.45, 7) is 6.82. The average Bonchev–Trinajstić information content (AvgIpc) is 2.03. The van der Waals surface area contributed by atoms with Crippen molar-refractivity contribution in [3.8, 4) is 0 Å². The Bertz CT molecular complexity index is 91.8. The summed E-state index contributed by atoms with van der Waals surface area (Å²) in [6.07, 6.45) is 3.83. The Hall–Kier alpha value is -0.0800. The number of nitrogens with one attached hydrogen (secondary N) is 1. The third-order valence-corrected chi connectivity index (χ3v) is 2.28. The first kappa shape index (κ1) is 11.9. The van der Waals surface area contributed by atoms with E-state index in [9.17, 15) is 0 Å². The highest BCUT2D eigenvalue weighted by Crippen LogP contribution is 2.00. The molecular formula is C10H24N2. The second-order valence-electron chi connectivity index (χ2n) is 3.70. The normalized spacial score (nSPS) is 13.8. The van der Waals surface area contributed by atoms with Crippen LogP contribution in [0, 0.1) is 0 Å². The van der Waals surface area contributed by atoms with Gasteiger partial charge in [-0.25, -0.2) is 0 Å². The Morgan fingerprint density at radius 3 is 2.42 bits per heavy atom. The highest BCUT2D eigenvalue weighted by atomic mass is 15.1. The molecule has 0 saturated heterocycles. The van der Waals surface area contributed by atoms with Crippen LogP contribution >= 0.6 is 0 Å². The molecule has 0 bridgehead atoms. The molecule has 0 aromatic heterocycles. The minimum absolute atomic E-state index is 0.716. The summed E-state index contributed by atoms with van der Waals surface area (Å²) in [6, 6.07) is 0.716. The van der Waals surface area contributed by atoms with Gasteiger partial charge in [0.05, 0.1) is 0 Å². The first-order chi connectivity index (χ1) is 5.68. The second-order valence-corrected chi connectivity index (χ2v) is 3.70. The molecule has 2 nitrogen and oxygen atoms in total. The highest BCUT2D eigenvalue weighted by molar-refractivity contribution is 4.59. The van der Waals surface area contributed by atoms with Crippen molar-refractivity contribution in [2.45, 2.75) is 39.2 Å². The number of hydrogen-bond acceptors (Lipinski definition) is 2. The average molecular weight is 172 g/mol. The summed E-state index contributed by atoms with van der Waals surface area (Å²) in [4.78, 5) is 2.28. The summed E-state index contributed by atoms with van der Waals surface area (Å²) in [5, 5.41) is 3.41. The Kier molecular flexibility index (Phi) is 7.51. The minimum atomic E-state index is 0.716. The van der Waals surface area contributed by atoms with Gasteiger partial charge in [0.15, 0.2) is 0 Å². The molecule has 1 unspecified atom stereocenters. The van der Waals surface area contributed by atoms with Crippen LogP contribution in [-0.2, 0) is 0 Å². The van der Waals surface area contributed by atoms with Crippen molar-refractivity contribution in [3.63, 3.8) is 0 Å². The van der Waals surface area contributed by atoms with E-state index in [1.54, 1.807) is 0 Å². The van der Waals surface area contributed by atoms with E-state index in [4.69, 9.17) is 0 Å². The van der Waals surface area contributed by atoms with Crippen molar-refractivity contribution in [2.24, 2.45) is 0 Å². The zero-order valence-corrected chi connectivity index (χ0v) is 9.06. The highest BCUT2D eigenvalue weighted by Gasteiger charge is 2.02. The molecular weight excluding hydrogens is 148 g/mol. The quantitative estimate of drug-likeness (QED) is 0.588. The number of hydrogen-bond donors (Lipinski definition) is 1. The number of nitrogens with zero attached hydrogens (tertiary/aromatic N) is 1. The first-order valence-electron chi connectivity index (χ1n) is 5.05. The molecule has 0 saturated carbocycles. The number of rotatable bonds is 7. The van der Waals surface area contributed by atoms with Gasteiger partial charge in [0.2, 0.25) is 0 Å². The maximum absolute atomic E-state index is 3.41. The summed E-state index contributed by atoms with van der Waals surface area (Å²) < 4.78 is 0. The lowest BCUT2D eigenvalue weighted by Crippen LogP contribution is -2.26. The Morgan fingerprint density at radius 1 is 1.25 bits per heavy atom. The third kappa shape index (κ3) is 6.62. The molecule has 0 aliphatic carbocycles. The summed E-state index contributed by atoms with van der Waals surface area (Å²) >= 11 is 0. The van der Waals surface area contributed by atoms with Crippen LogP contribution in [0.25, 0.3) is 0 Å². The van der Waals surface area contributed by atoms with E-state index in [1.807, 2.05) is 0 Å². The first-order valence-corrected chi connectivity index (χ1v) is 5.05. The summed E-state index contributed by atoms with van der Waals surface area (Å²) in [5.41, 5.74) is 0. The van der Waals surface area contributed by atoms with Gasteiger partial charge in [0.25, 0.3) is 0 Å². The van der Waals surface area contributed by atoms with E-state index in [0.717, 1.165) is 6.54 Å². The van der Waals surface area contributed by atoms with E-state index < -0.39 is 0 Å².